The number of nitrogen functional groups attached to an aromatic ring is 1. The highest BCUT2D eigenvalue weighted by atomic mass is 16.5. The number of likely N-dealkylation sites (N-methyl/N-ethyl adjacent to an activating group) is 2. The first-order chi connectivity index (χ1) is 10.1. The van der Waals surface area contributed by atoms with E-state index in [1.54, 1.807) is 0 Å². The quantitative estimate of drug-likeness (QED) is 0.782. The van der Waals surface area contributed by atoms with Gasteiger partial charge in [-0.2, -0.15) is 0 Å². The summed E-state index contributed by atoms with van der Waals surface area (Å²) in [6.45, 7) is 7.00. The SMILES string of the molecule is CCCOc1cccc(NCC2CN(C)CCN2C)c1N. The Morgan fingerprint density at radius 3 is 2.90 bits per heavy atom. The fourth-order valence-electron chi connectivity index (χ4n) is 2.59. The third kappa shape index (κ3) is 4.25. The van der Waals surface area contributed by atoms with Gasteiger partial charge < -0.3 is 20.7 Å². The first kappa shape index (κ1) is 15.9. The molecule has 5 nitrogen and oxygen atoms in total. The third-order valence-corrected chi connectivity index (χ3v) is 4.04. The van der Waals surface area contributed by atoms with Crippen LogP contribution in [0.2, 0.25) is 0 Å². The molecular weight excluding hydrogens is 264 g/mol. The number of piperazine rings is 1. The fourth-order valence-corrected chi connectivity index (χ4v) is 2.59. The maximum absolute atomic E-state index is 6.19. The van der Waals surface area contributed by atoms with Crippen molar-refractivity contribution < 1.29 is 4.74 Å². The van der Waals surface area contributed by atoms with E-state index in [-0.39, 0.29) is 0 Å². The number of hydrogen-bond donors (Lipinski definition) is 2. The Kier molecular flexibility index (Phi) is 5.70. The van der Waals surface area contributed by atoms with E-state index in [4.69, 9.17) is 10.5 Å². The van der Waals surface area contributed by atoms with Crippen LogP contribution in [0.5, 0.6) is 5.75 Å². The molecule has 0 aliphatic carbocycles. The lowest BCUT2D eigenvalue weighted by Gasteiger charge is -2.38. The minimum Gasteiger partial charge on any atom is -0.491 e. The number of nitrogens with one attached hydrogen (secondary N) is 1. The van der Waals surface area contributed by atoms with Gasteiger partial charge in [0.25, 0.3) is 0 Å². The van der Waals surface area contributed by atoms with Crippen molar-refractivity contribution >= 4 is 11.4 Å². The lowest BCUT2D eigenvalue weighted by Crippen LogP contribution is -2.52. The Morgan fingerprint density at radius 2 is 2.14 bits per heavy atom. The average Bonchev–Trinajstić information content (AvgIpc) is 2.48. The number of rotatable bonds is 6. The molecule has 118 valence electrons. The number of ether oxygens (including phenoxy) is 1. The molecule has 1 atom stereocenters. The molecule has 1 aliphatic heterocycles. The topological polar surface area (TPSA) is 53.8 Å². The van der Waals surface area contributed by atoms with Crippen molar-refractivity contribution in [3.8, 4) is 5.75 Å². The molecule has 2 rings (SSSR count). The maximum Gasteiger partial charge on any atom is 0.144 e. The van der Waals surface area contributed by atoms with Crippen LogP contribution in [-0.4, -0.2) is 62.7 Å². The van der Waals surface area contributed by atoms with Crippen molar-refractivity contribution in [1.29, 1.82) is 0 Å². The Hall–Kier alpha value is -1.46. The second-order valence-corrected chi connectivity index (χ2v) is 5.84. The molecule has 1 unspecified atom stereocenters. The minimum atomic E-state index is 0.503. The van der Waals surface area contributed by atoms with Crippen LogP contribution < -0.4 is 15.8 Å². The molecule has 0 bridgehead atoms. The van der Waals surface area contributed by atoms with Crippen LogP contribution in [0.15, 0.2) is 18.2 Å². The second-order valence-electron chi connectivity index (χ2n) is 5.84. The Morgan fingerprint density at radius 1 is 1.33 bits per heavy atom. The van der Waals surface area contributed by atoms with E-state index in [0.29, 0.717) is 18.3 Å². The largest absolute Gasteiger partial charge is 0.491 e. The van der Waals surface area contributed by atoms with E-state index in [1.165, 1.54) is 0 Å². The summed E-state index contributed by atoms with van der Waals surface area (Å²) in [6.07, 6.45) is 0.982. The van der Waals surface area contributed by atoms with Crippen LogP contribution >= 0.6 is 0 Å². The highest BCUT2D eigenvalue weighted by Gasteiger charge is 2.22. The van der Waals surface area contributed by atoms with E-state index in [1.807, 2.05) is 18.2 Å². The molecule has 1 fully saturated rings. The zero-order valence-electron chi connectivity index (χ0n) is 13.4. The van der Waals surface area contributed by atoms with E-state index in [0.717, 1.165) is 44.0 Å². The van der Waals surface area contributed by atoms with Gasteiger partial charge in [0.2, 0.25) is 0 Å². The molecule has 1 aromatic carbocycles. The summed E-state index contributed by atoms with van der Waals surface area (Å²) in [7, 11) is 4.36. The van der Waals surface area contributed by atoms with Crippen LogP contribution in [0, 0.1) is 0 Å². The van der Waals surface area contributed by atoms with E-state index in [2.05, 4.69) is 36.1 Å². The Balaban J connectivity index is 1.96. The maximum atomic E-state index is 6.19. The number of benzene rings is 1. The third-order valence-electron chi connectivity index (χ3n) is 4.04. The number of nitrogens with two attached hydrogens (primary N) is 1. The van der Waals surface area contributed by atoms with Gasteiger partial charge in [0.1, 0.15) is 5.75 Å². The van der Waals surface area contributed by atoms with Crippen molar-refractivity contribution in [3.63, 3.8) is 0 Å². The van der Waals surface area contributed by atoms with Crippen LogP contribution in [0.3, 0.4) is 0 Å². The summed E-state index contributed by atoms with van der Waals surface area (Å²) >= 11 is 0. The predicted molar refractivity (Wildman–Crippen MR) is 89.0 cm³/mol. The van der Waals surface area contributed by atoms with Crippen molar-refractivity contribution in [2.45, 2.75) is 19.4 Å². The average molecular weight is 292 g/mol. The smallest absolute Gasteiger partial charge is 0.144 e. The Bertz CT molecular complexity index is 452. The Labute approximate surface area is 128 Å². The molecule has 0 radical (unpaired) electrons. The standard InChI is InChI=1S/C16H28N4O/c1-4-10-21-15-7-5-6-14(16(15)17)18-11-13-12-19(2)8-9-20(13)3/h5-7,13,18H,4,8-12,17H2,1-3H3. The molecule has 0 aromatic heterocycles. The molecule has 5 heteroatoms. The molecule has 1 saturated heterocycles. The van der Waals surface area contributed by atoms with Crippen molar-refractivity contribution in [3.05, 3.63) is 18.2 Å². The summed E-state index contributed by atoms with van der Waals surface area (Å²) in [5.41, 5.74) is 7.86. The highest BCUT2D eigenvalue weighted by Crippen LogP contribution is 2.29. The van der Waals surface area contributed by atoms with Gasteiger partial charge in [0.05, 0.1) is 18.0 Å². The van der Waals surface area contributed by atoms with Gasteiger partial charge in [-0.05, 0) is 32.6 Å². The van der Waals surface area contributed by atoms with Crippen LogP contribution in [0.1, 0.15) is 13.3 Å². The number of hydrogen-bond acceptors (Lipinski definition) is 5. The number of para-hydroxylation sites is 1. The van der Waals surface area contributed by atoms with Gasteiger partial charge >= 0.3 is 0 Å². The summed E-state index contributed by atoms with van der Waals surface area (Å²) in [4.78, 5) is 4.77. The van der Waals surface area contributed by atoms with Crippen molar-refractivity contribution in [1.82, 2.24) is 9.80 Å². The van der Waals surface area contributed by atoms with Crippen LogP contribution in [0.4, 0.5) is 11.4 Å². The first-order valence-electron chi connectivity index (χ1n) is 7.75. The lowest BCUT2D eigenvalue weighted by atomic mass is 10.1. The summed E-state index contributed by atoms with van der Waals surface area (Å²) < 4.78 is 5.67. The van der Waals surface area contributed by atoms with Crippen LogP contribution in [0.25, 0.3) is 0 Å². The van der Waals surface area contributed by atoms with Crippen molar-refractivity contribution in [2.75, 3.05) is 57.9 Å². The molecule has 3 N–H and O–H groups in total. The summed E-state index contributed by atoms with van der Waals surface area (Å²) in [6, 6.07) is 6.43. The van der Waals surface area contributed by atoms with Crippen molar-refractivity contribution in [2.24, 2.45) is 0 Å². The molecule has 0 amide bonds. The summed E-state index contributed by atoms with van der Waals surface area (Å²) in [5, 5.41) is 3.48. The monoisotopic (exact) mass is 292 g/mol. The lowest BCUT2D eigenvalue weighted by molar-refractivity contribution is 0.122. The first-order valence-corrected chi connectivity index (χ1v) is 7.75. The molecule has 1 heterocycles. The highest BCUT2D eigenvalue weighted by molar-refractivity contribution is 5.72. The minimum absolute atomic E-state index is 0.503. The van der Waals surface area contributed by atoms with Gasteiger partial charge in [0, 0.05) is 32.2 Å². The molecule has 1 aromatic rings. The molecule has 21 heavy (non-hydrogen) atoms. The van der Waals surface area contributed by atoms with Crippen LogP contribution in [-0.2, 0) is 0 Å². The zero-order chi connectivity index (χ0) is 15.2. The number of anilines is 2. The second kappa shape index (κ2) is 7.52. The molecule has 1 aliphatic rings. The van der Waals surface area contributed by atoms with Gasteiger partial charge in [-0.3, -0.25) is 4.90 Å². The van der Waals surface area contributed by atoms with Gasteiger partial charge in [-0.15, -0.1) is 0 Å². The predicted octanol–water partition coefficient (Wildman–Crippen LogP) is 1.72. The normalized spacial score (nSPS) is 20.4. The van der Waals surface area contributed by atoms with Gasteiger partial charge in [0.15, 0.2) is 0 Å². The van der Waals surface area contributed by atoms with Gasteiger partial charge in [-0.1, -0.05) is 13.0 Å². The summed E-state index contributed by atoms with van der Waals surface area (Å²) in [5.74, 6) is 0.774. The van der Waals surface area contributed by atoms with E-state index < -0.39 is 0 Å². The number of nitrogens with zero attached hydrogens (tertiary/aromatic N) is 2. The van der Waals surface area contributed by atoms with E-state index >= 15 is 0 Å². The zero-order valence-corrected chi connectivity index (χ0v) is 13.4. The fraction of sp³-hybridized carbons (Fsp3) is 0.625. The van der Waals surface area contributed by atoms with E-state index in [9.17, 15) is 0 Å². The van der Waals surface area contributed by atoms with Gasteiger partial charge in [-0.25, -0.2) is 0 Å². The molecule has 0 spiro atoms. The molecular formula is C16H28N4O. The molecule has 0 saturated carbocycles.